The molecule has 3 rings (SSSR count). The lowest BCUT2D eigenvalue weighted by Crippen LogP contribution is -2.46. The Balaban J connectivity index is 1.77. The van der Waals surface area contributed by atoms with Crippen molar-refractivity contribution in [3.63, 3.8) is 0 Å². The van der Waals surface area contributed by atoms with Crippen LogP contribution in [-0.4, -0.2) is 40.1 Å². The van der Waals surface area contributed by atoms with E-state index < -0.39 is 0 Å². The second kappa shape index (κ2) is 8.21. The van der Waals surface area contributed by atoms with Gasteiger partial charge in [-0.05, 0) is 42.4 Å². The van der Waals surface area contributed by atoms with Gasteiger partial charge in [-0.25, -0.2) is 4.39 Å². The van der Waals surface area contributed by atoms with E-state index in [9.17, 15) is 14.3 Å². The van der Waals surface area contributed by atoms with Crippen molar-refractivity contribution in [2.45, 2.75) is 57.9 Å². The molecule has 1 aliphatic rings. The number of nitrogens with one attached hydrogen (secondary N) is 1. The number of aromatic nitrogens is 1. The highest BCUT2D eigenvalue weighted by Gasteiger charge is 2.31. The highest BCUT2D eigenvalue weighted by atomic mass is 19.1. The first kappa shape index (κ1) is 18.9. The van der Waals surface area contributed by atoms with E-state index in [0.717, 1.165) is 30.3 Å². The topological polar surface area (TPSA) is 56.3 Å². The molecule has 3 atom stereocenters. The van der Waals surface area contributed by atoms with E-state index in [-0.39, 0.29) is 30.3 Å². The molecule has 1 aliphatic carbocycles. The molecule has 1 fully saturated rings. The van der Waals surface area contributed by atoms with Gasteiger partial charge in [0.1, 0.15) is 5.82 Å². The van der Waals surface area contributed by atoms with Gasteiger partial charge in [-0.1, -0.05) is 32.8 Å². The van der Waals surface area contributed by atoms with E-state index in [2.05, 4.69) is 11.9 Å². The summed E-state index contributed by atoms with van der Waals surface area (Å²) in [5, 5.41) is 10.0. The second-order valence-corrected chi connectivity index (χ2v) is 7.65. The fourth-order valence-electron chi connectivity index (χ4n) is 4.39. The van der Waals surface area contributed by atoms with Gasteiger partial charge >= 0.3 is 0 Å². The number of hydrogen-bond acceptors (Lipinski definition) is 2. The van der Waals surface area contributed by atoms with Crippen molar-refractivity contribution in [3.8, 4) is 0 Å². The fourth-order valence-corrected chi connectivity index (χ4v) is 4.39. The quantitative estimate of drug-likeness (QED) is 0.811. The molecule has 0 bridgehead atoms. The molecule has 142 valence electrons. The smallest absolute Gasteiger partial charge is 0.223 e. The van der Waals surface area contributed by atoms with Crippen LogP contribution in [0.5, 0.6) is 0 Å². The first-order valence-electron chi connectivity index (χ1n) is 9.68. The van der Waals surface area contributed by atoms with Crippen molar-refractivity contribution < 1.29 is 14.3 Å². The number of nitrogens with zero attached hydrogens (tertiary/aromatic N) is 1. The molecule has 0 aliphatic heterocycles. The van der Waals surface area contributed by atoms with E-state index in [1.165, 1.54) is 12.5 Å². The highest BCUT2D eigenvalue weighted by molar-refractivity contribution is 5.85. The summed E-state index contributed by atoms with van der Waals surface area (Å²) in [6.45, 7) is 4.52. The van der Waals surface area contributed by atoms with Crippen LogP contribution in [-0.2, 0) is 4.79 Å². The van der Waals surface area contributed by atoms with Crippen molar-refractivity contribution in [2.75, 3.05) is 13.2 Å². The van der Waals surface area contributed by atoms with Gasteiger partial charge in [0.05, 0.1) is 6.61 Å². The number of carbonyl (C=O) groups is 1. The van der Waals surface area contributed by atoms with Crippen LogP contribution in [0.2, 0.25) is 0 Å². The number of carbonyl (C=O) groups excluding carboxylic acids is 1. The van der Waals surface area contributed by atoms with Crippen LogP contribution >= 0.6 is 0 Å². The van der Waals surface area contributed by atoms with Crippen molar-refractivity contribution in [3.05, 3.63) is 35.8 Å². The molecule has 0 spiro atoms. The Bertz CT molecular complexity index is 758. The molecule has 2 aromatic rings. The number of amides is 1. The predicted octanol–water partition coefficient (Wildman–Crippen LogP) is 4.20. The van der Waals surface area contributed by atoms with Crippen LogP contribution < -0.4 is 0 Å². The maximum absolute atomic E-state index is 14.3. The molecule has 1 saturated carbocycles. The summed E-state index contributed by atoms with van der Waals surface area (Å²) in [7, 11) is 0. The van der Waals surface area contributed by atoms with Crippen molar-refractivity contribution in [1.29, 1.82) is 0 Å². The van der Waals surface area contributed by atoms with Crippen molar-refractivity contribution in [1.82, 2.24) is 9.88 Å². The number of hydrogen-bond donors (Lipinski definition) is 2. The molecule has 5 heteroatoms. The number of fused-ring (bicyclic) bond motifs is 1. The van der Waals surface area contributed by atoms with Crippen LogP contribution in [0.25, 0.3) is 10.9 Å². The lowest BCUT2D eigenvalue weighted by atomic mass is 9.84. The molecule has 0 saturated heterocycles. The maximum atomic E-state index is 14.3. The van der Waals surface area contributed by atoms with Gasteiger partial charge < -0.3 is 15.0 Å². The van der Waals surface area contributed by atoms with Gasteiger partial charge in [-0.3, -0.25) is 4.79 Å². The number of rotatable bonds is 6. The molecule has 2 N–H and O–H groups in total. The van der Waals surface area contributed by atoms with E-state index in [1.807, 2.05) is 24.1 Å². The van der Waals surface area contributed by atoms with Crippen LogP contribution in [0.15, 0.2) is 24.4 Å². The third kappa shape index (κ3) is 3.78. The Labute approximate surface area is 154 Å². The molecular formula is C21H29FN2O2. The predicted molar refractivity (Wildman–Crippen MR) is 102 cm³/mol. The molecule has 1 aromatic carbocycles. The van der Waals surface area contributed by atoms with E-state index in [0.29, 0.717) is 24.3 Å². The van der Waals surface area contributed by atoms with E-state index in [1.54, 1.807) is 6.07 Å². The number of aliphatic hydroxyl groups is 1. The lowest BCUT2D eigenvalue weighted by molar-refractivity contribution is -0.136. The molecule has 0 radical (unpaired) electrons. The summed E-state index contributed by atoms with van der Waals surface area (Å²) in [6.07, 6.45) is 6.61. The minimum absolute atomic E-state index is 0.0228. The Kier molecular flexibility index (Phi) is 5.97. The Morgan fingerprint density at radius 2 is 2.15 bits per heavy atom. The third-order valence-electron chi connectivity index (χ3n) is 5.82. The molecule has 26 heavy (non-hydrogen) atoms. The zero-order chi connectivity index (χ0) is 18.7. The fraction of sp³-hybridized carbons (Fsp3) is 0.571. The largest absolute Gasteiger partial charge is 0.395 e. The summed E-state index contributed by atoms with van der Waals surface area (Å²) >= 11 is 0. The van der Waals surface area contributed by atoms with Crippen LogP contribution in [0.4, 0.5) is 4.39 Å². The summed E-state index contributed by atoms with van der Waals surface area (Å²) in [4.78, 5) is 18.0. The number of aromatic amines is 1. The maximum Gasteiger partial charge on any atom is 0.223 e. The first-order valence-corrected chi connectivity index (χ1v) is 9.68. The minimum Gasteiger partial charge on any atom is -0.395 e. The van der Waals surface area contributed by atoms with Gasteiger partial charge in [0.2, 0.25) is 5.91 Å². The van der Waals surface area contributed by atoms with Crippen LogP contribution in [0, 0.1) is 11.7 Å². The number of benzene rings is 1. The van der Waals surface area contributed by atoms with E-state index >= 15 is 0 Å². The Morgan fingerprint density at radius 3 is 2.88 bits per heavy atom. The number of H-pyrrole nitrogens is 1. The molecule has 2 unspecified atom stereocenters. The molecular weight excluding hydrogens is 331 g/mol. The summed E-state index contributed by atoms with van der Waals surface area (Å²) in [5.74, 6) is 0.162. The van der Waals surface area contributed by atoms with Crippen molar-refractivity contribution in [2.24, 2.45) is 5.92 Å². The lowest BCUT2D eigenvalue weighted by Gasteiger charge is -2.39. The second-order valence-electron chi connectivity index (χ2n) is 7.65. The third-order valence-corrected chi connectivity index (χ3v) is 5.82. The molecule has 1 aromatic heterocycles. The molecule has 1 heterocycles. The summed E-state index contributed by atoms with van der Waals surface area (Å²) < 4.78 is 14.3. The summed E-state index contributed by atoms with van der Waals surface area (Å²) in [6, 6.07) is 5.19. The van der Waals surface area contributed by atoms with Gasteiger partial charge in [-0.2, -0.15) is 0 Å². The first-order chi connectivity index (χ1) is 12.5. The zero-order valence-electron chi connectivity index (χ0n) is 15.7. The van der Waals surface area contributed by atoms with E-state index in [4.69, 9.17) is 0 Å². The Morgan fingerprint density at radius 1 is 1.38 bits per heavy atom. The minimum atomic E-state index is -0.258. The average molecular weight is 360 g/mol. The monoisotopic (exact) mass is 360 g/mol. The average Bonchev–Trinajstić information content (AvgIpc) is 3.06. The van der Waals surface area contributed by atoms with Crippen molar-refractivity contribution >= 4 is 16.8 Å². The number of halogens is 1. The van der Waals surface area contributed by atoms with Gasteiger partial charge in [0, 0.05) is 36.1 Å². The summed E-state index contributed by atoms with van der Waals surface area (Å²) in [5.41, 5.74) is 1.60. The zero-order valence-corrected chi connectivity index (χ0v) is 15.7. The SMILES string of the molecule is CC(CC(=O)N(CCO)C1CCCC[C@@H]1C)c1c[nH]c2cccc(F)c12. The van der Waals surface area contributed by atoms with Gasteiger partial charge in [0.15, 0.2) is 0 Å². The van der Waals surface area contributed by atoms with Crippen LogP contribution in [0.1, 0.15) is 57.4 Å². The standard InChI is InChI=1S/C21H29FN2O2/c1-14-6-3-4-9-19(14)24(10-11-25)20(26)12-15(2)16-13-23-18-8-5-7-17(22)21(16)18/h5,7-8,13-15,19,23,25H,3-4,6,9-12H2,1-2H3/t14-,15?,19?/m0/s1. The van der Waals surface area contributed by atoms with Gasteiger partial charge in [-0.15, -0.1) is 0 Å². The van der Waals surface area contributed by atoms with Crippen LogP contribution in [0.3, 0.4) is 0 Å². The highest BCUT2D eigenvalue weighted by Crippen LogP contribution is 2.32. The number of aliphatic hydroxyl groups excluding tert-OH is 1. The normalized spacial score (nSPS) is 21.7. The Hall–Kier alpha value is -1.88. The molecule has 4 nitrogen and oxygen atoms in total. The molecule has 1 amide bonds. The van der Waals surface area contributed by atoms with Gasteiger partial charge in [0.25, 0.3) is 0 Å².